The van der Waals surface area contributed by atoms with Crippen molar-refractivity contribution in [3.63, 3.8) is 0 Å². The number of hydrogen-bond acceptors (Lipinski definition) is 5. The molecule has 2 aliphatic heterocycles. The van der Waals surface area contributed by atoms with Gasteiger partial charge >= 0.3 is 0 Å². The van der Waals surface area contributed by atoms with E-state index in [1.165, 1.54) is 31.2 Å². The third kappa shape index (κ3) is 2.80. The summed E-state index contributed by atoms with van der Waals surface area (Å²) in [6.07, 6.45) is 5.13. The Morgan fingerprint density at radius 3 is 2.57 bits per heavy atom. The van der Waals surface area contributed by atoms with Crippen molar-refractivity contribution in [2.24, 2.45) is 0 Å². The van der Waals surface area contributed by atoms with Gasteiger partial charge in [-0.3, -0.25) is 4.90 Å². The van der Waals surface area contributed by atoms with Crippen LogP contribution in [0.25, 0.3) is 0 Å². The Balaban J connectivity index is 1.42. The average molecular weight is 300 g/mol. The molecule has 0 spiro atoms. The van der Waals surface area contributed by atoms with E-state index in [1.807, 2.05) is 0 Å². The van der Waals surface area contributed by atoms with Crippen molar-refractivity contribution in [3.8, 4) is 0 Å². The van der Waals surface area contributed by atoms with E-state index in [1.54, 1.807) is 16.8 Å². The molecule has 2 bridgehead atoms. The minimum absolute atomic E-state index is 0.558. The molecule has 1 aromatic heterocycles. The highest BCUT2D eigenvalue weighted by Crippen LogP contribution is 2.37. The molecule has 1 N–H and O–H groups in total. The number of hydrogen-bond donors (Lipinski definition) is 1. The molecule has 2 aliphatic rings. The van der Waals surface area contributed by atoms with Crippen molar-refractivity contribution < 1.29 is 0 Å². The van der Waals surface area contributed by atoms with Crippen LogP contribution in [0.4, 0.5) is 5.13 Å². The van der Waals surface area contributed by atoms with Gasteiger partial charge in [0.2, 0.25) is 5.13 Å². The van der Waals surface area contributed by atoms with Gasteiger partial charge in [0.05, 0.1) is 0 Å². The van der Waals surface area contributed by atoms with Crippen LogP contribution in [-0.2, 0) is 6.54 Å². The van der Waals surface area contributed by atoms with Crippen molar-refractivity contribution in [2.75, 3.05) is 5.32 Å². The maximum absolute atomic E-state index is 4.11. The molecule has 2 unspecified atom stereocenters. The minimum Gasteiger partial charge on any atom is -0.357 e. The maximum Gasteiger partial charge on any atom is 0.205 e. The summed E-state index contributed by atoms with van der Waals surface area (Å²) in [4.78, 5) is 2.72. The summed E-state index contributed by atoms with van der Waals surface area (Å²) in [7, 11) is 0. The van der Waals surface area contributed by atoms with Gasteiger partial charge in [-0.25, -0.2) is 0 Å². The topological polar surface area (TPSA) is 41.0 Å². The molecule has 0 aliphatic carbocycles. The van der Waals surface area contributed by atoms with Crippen molar-refractivity contribution in [1.29, 1.82) is 0 Å². The molecule has 2 fully saturated rings. The molecule has 21 heavy (non-hydrogen) atoms. The first kappa shape index (κ1) is 13.2. The molecule has 4 nitrogen and oxygen atoms in total. The second kappa shape index (κ2) is 5.73. The molecule has 5 heteroatoms. The molecule has 4 rings (SSSR count). The predicted octanol–water partition coefficient (Wildman–Crippen LogP) is 3.15. The third-order valence-corrected chi connectivity index (χ3v) is 5.40. The molecular formula is C16H20N4S. The molecule has 0 saturated carbocycles. The Labute approximate surface area is 129 Å². The second-order valence-electron chi connectivity index (χ2n) is 6.10. The van der Waals surface area contributed by atoms with Gasteiger partial charge in [0, 0.05) is 24.7 Å². The summed E-state index contributed by atoms with van der Waals surface area (Å²) in [5.41, 5.74) is 3.23. The zero-order valence-electron chi connectivity index (χ0n) is 12.0. The minimum atomic E-state index is 0.558. The summed E-state index contributed by atoms with van der Waals surface area (Å²) in [6, 6.07) is 12.8. The first-order chi connectivity index (χ1) is 10.4. The summed E-state index contributed by atoms with van der Waals surface area (Å²) in [5.74, 6) is 0. The Kier molecular flexibility index (Phi) is 3.61. The SMILES string of the molecule is c1ccc(CN2C3CCC2CC(Nc2nncs2)C3)cc1. The maximum atomic E-state index is 4.11. The summed E-state index contributed by atoms with van der Waals surface area (Å²) >= 11 is 1.60. The lowest BCUT2D eigenvalue weighted by Crippen LogP contribution is -2.46. The molecule has 0 amide bonds. The highest BCUT2D eigenvalue weighted by molar-refractivity contribution is 7.13. The number of piperidine rings is 1. The average Bonchev–Trinajstić information content (AvgIpc) is 3.07. The normalized spacial score (nSPS) is 28.7. The highest BCUT2D eigenvalue weighted by Gasteiger charge is 2.40. The van der Waals surface area contributed by atoms with E-state index in [9.17, 15) is 0 Å². The number of nitrogens with zero attached hydrogens (tertiary/aromatic N) is 3. The zero-order valence-corrected chi connectivity index (χ0v) is 12.8. The van der Waals surface area contributed by atoms with E-state index in [4.69, 9.17) is 0 Å². The van der Waals surface area contributed by atoms with E-state index < -0.39 is 0 Å². The van der Waals surface area contributed by atoms with Gasteiger partial charge in [0.25, 0.3) is 0 Å². The molecule has 110 valence electrons. The number of fused-ring (bicyclic) bond motifs is 2. The summed E-state index contributed by atoms with van der Waals surface area (Å²) in [6.45, 7) is 1.10. The predicted molar refractivity (Wildman–Crippen MR) is 85.3 cm³/mol. The molecule has 2 aromatic rings. The van der Waals surface area contributed by atoms with Crippen LogP contribution in [-0.4, -0.2) is 33.2 Å². The van der Waals surface area contributed by atoms with Crippen LogP contribution in [0, 0.1) is 0 Å². The zero-order chi connectivity index (χ0) is 14.1. The summed E-state index contributed by atoms with van der Waals surface area (Å²) in [5, 5.41) is 12.6. The molecule has 3 heterocycles. The smallest absolute Gasteiger partial charge is 0.205 e. The fourth-order valence-electron chi connectivity index (χ4n) is 3.85. The van der Waals surface area contributed by atoms with E-state index in [2.05, 4.69) is 50.7 Å². The lowest BCUT2D eigenvalue weighted by atomic mass is 9.97. The van der Waals surface area contributed by atoms with Gasteiger partial charge in [-0.1, -0.05) is 41.7 Å². The van der Waals surface area contributed by atoms with Crippen LogP contribution >= 0.6 is 11.3 Å². The molecule has 0 radical (unpaired) electrons. The van der Waals surface area contributed by atoms with Gasteiger partial charge < -0.3 is 5.32 Å². The highest BCUT2D eigenvalue weighted by atomic mass is 32.1. The first-order valence-electron chi connectivity index (χ1n) is 7.71. The van der Waals surface area contributed by atoms with Crippen molar-refractivity contribution >= 4 is 16.5 Å². The standard InChI is InChI=1S/C16H20N4S/c1-2-4-12(5-3-1)10-20-14-6-7-15(20)9-13(8-14)18-16-19-17-11-21-16/h1-5,11,13-15H,6-10H2,(H,18,19). The van der Waals surface area contributed by atoms with E-state index >= 15 is 0 Å². The van der Waals surface area contributed by atoms with Crippen molar-refractivity contribution in [3.05, 3.63) is 41.4 Å². The van der Waals surface area contributed by atoms with Crippen LogP contribution in [0.2, 0.25) is 0 Å². The molecule has 2 saturated heterocycles. The van der Waals surface area contributed by atoms with Crippen LogP contribution in [0.1, 0.15) is 31.2 Å². The van der Waals surface area contributed by atoms with Gasteiger partial charge in [0.15, 0.2) is 0 Å². The Bertz CT molecular complexity index is 557. The van der Waals surface area contributed by atoms with Crippen LogP contribution in [0.5, 0.6) is 0 Å². The number of anilines is 1. The van der Waals surface area contributed by atoms with E-state index in [0.717, 1.165) is 23.8 Å². The lowest BCUT2D eigenvalue weighted by molar-refractivity contribution is 0.124. The second-order valence-corrected chi connectivity index (χ2v) is 6.93. The Morgan fingerprint density at radius 1 is 1.14 bits per heavy atom. The number of rotatable bonds is 4. The molecular weight excluding hydrogens is 280 g/mol. The van der Waals surface area contributed by atoms with E-state index in [-0.39, 0.29) is 0 Å². The fourth-order valence-corrected chi connectivity index (χ4v) is 4.38. The van der Waals surface area contributed by atoms with Crippen LogP contribution < -0.4 is 5.32 Å². The number of aromatic nitrogens is 2. The van der Waals surface area contributed by atoms with Gasteiger partial charge in [-0.05, 0) is 31.2 Å². The first-order valence-corrected chi connectivity index (χ1v) is 8.59. The van der Waals surface area contributed by atoms with Crippen LogP contribution in [0.15, 0.2) is 35.8 Å². The van der Waals surface area contributed by atoms with Crippen LogP contribution in [0.3, 0.4) is 0 Å². The Hall–Kier alpha value is -1.46. The van der Waals surface area contributed by atoms with Gasteiger partial charge in [-0.2, -0.15) is 0 Å². The largest absolute Gasteiger partial charge is 0.357 e. The van der Waals surface area contributed by atoms with Gasteiger partial charge in [-0.15, -0.1) is 10.2 Å². The monoisotopic (exact) mass is 300 g/mol. The van der Waals surface area contributed by atoms with E-state index in [0.29, 0.717) is 6.04 Å². The number of benzene rings is 1. The third-order valence-electron chi connectivity index (χ3n) is 4.78. The number of nitrogens with one attached hydrogen (secondary N) is 1. The molecule has 1 aromatic carbocycles. The quantitative estimate of drug-likeness (QED) is 0.942. The lowest BCUT2D eigenvalue weighted by Gasteiger charge is -2.39. The Morgan fingerprint density at radius 2 is 1.90 bits per heavy atom. The van der Waals surface area contributed by atoms with Crippen molar-refractivity contribution in [1.82, 2.24) is 15.1 Å². The summed E-state index contributed by atoms with van der Waals surface area (Å²) < 4.78 is 0. The fraction of sp³-hybridized carbons (Fsp3) is 0.500. The van der Waals surface area contributed by atoms with Crippen molar-refractivity contribution in [2.45, 2.75) is 50.4 Å². The van der Waals surface area contributed by atoms with Gasteiger partial charge in [0.1, 0.15) is 5.51 Å². The molecule has 2 atom stereocenters.